The standard InChI is InChI=1S/C32H38/c1-9-15-28(23(5)6)25(11-3)19-20-26-21-22-32(31-18-14-13-17-30(26)31)27(12-4)29(16-10-2)24(7)8/h9-22H,1-8H3. The molecule has 2 aromatic rings. The molecule has 0 bridgehead atoms. The van der Waals surface area contributed by atoms with Gasteiger partial charge in [-0.05, 0) is 99.6 Å². The highest BCUT2D eigenvalue weighted by molar-refractivity contribution is 6.02. The molecule has 0 nitrogen and oxygen atoms in total. The van der Waals surface area contributed by atoms with Gasteiger partial charge in [-0.15, -0.1) is 0 Å². The van der Waals surface area contributed by atoms with Crippen LogP contribution in [0.5, 0.6) is 0 Å². The summed E-state index contributed by atoms with van der Waals surface area (Å²) in [5, 5.41) is 2.55. The van der Waals surface area contributed by atoms with Crippen molar-refractivity contribution in [2.45, 2.75) is 55.4 Å². The topological polar surface area (TPSA) is 0 Å². The maximum Gasteiger partial charge on any atom is -0.00993 e. The van der Waals surface area contributed by atoms with Crippen LogP contribution in [0.4, 0.5) is 0 Å². The third-order valence-electron chi connectivity index (χ3n) is 5.64. The van der Waals surface area contributed by atoms with Gasteiger partial charge in [-0.2, -0.15) is 0 Å². The van der Waals surface area contributed by atoms with Gasteiger partial charge in [0.1, 0.15) is 0 Å². The highest BCUT2D eigenvalue weighted by Crippen LogP contribution is 2.34. The van der Waals surface area contributed by atoms with Gasteiger partial charge < -0.3 is 0 Å². The van der Waals surface area contributed by atoms with E-state index in [1.54, 1.807) is 0 Å². The van der Waals surface area contributed by atoms with Crippen LogP contribution < -0.4 is 0 Å². The summed E-state index contributed by atoms with van der Waals surface area (Å²) < 4.78 is 0. The number of hydrogen-bond acceptors (Lipinski definition) is 0. The van der Waals surface area contributed by atoms with E-state index in [0.29, 0.717) is 0 Å². The zero-order valence-electron chi connectivity index (χ0n) is 21.1. The summed E-state index contributed by atoms with van der Waals surface area (Å²) in [6, 6.07) is 13.3. The average molecular weight is 423 g/mol. The van der Waals surface area contributed by atoms with E-state index in [4.69, 9.17) is 0 Å². The molecule has 0 aliphatic heterocycles. The fourth-order valence-corrected chi connectivity index (χ4v) is 4.09. The number of allylic oxidation sites excluding steroid dienone is 13. The van der Waals surface area contributed by atoms with E-state index in [1.807, 2.05) is 0 Å². The van der Waals surface area contributed by atoms with Gasteiger partial charge in [-0.1, -0.05) is 96.2 Å². The van der Waals surface area contributed by atoms with E-state index in [9.17, 15) is 0 Å². The molecule has 0 radical (unpaired) electrons. The summed E-state index contributed by atoms with van der Waals surface area (Å²) in [5.74, 6) is 0. The highest BCUT2D eigenvalue weighted by atomic mass is 14.2. The summed E-state index contributed by atoms with van der Waals surface area (Å²) in [6.07, 6.45) is 17.5. The quantitative estimate of drug-likeness (QED) is 0.389. The van der Waals surface area contributed by atoms with Crippen molar-refractivity contribution < 1.29 is 0 Å². The van der Waals surface area contributed by atoms with Crippen LogP contribution in [-0.2, 0) is 0 Å². The molecule has 0 aliphatic carbocycles. The molecule has 0 spiro atoms. The smallest absolute Gasteiger partial charge is 0.00993 e. The first-order valence-electron chi connectivity index (χ1n) is 11.5. The summed E-state index contributed by atoms with van der Waals surface area (Å²) in [7, 11) is 0. The normalized spacial score (nSPS) is 13.0. The lowest BCUT2D eigenvalue weighted by molar-refractivity contribution is 1.30. The molecule has 0 fully saturated rings. The molecular formula is C32H38. The van der Waals surface area contributed by atoms with Crippen molar-refractivity contribution in [3.05, 3.63) is 118 Å². The minimum absolute atomic E-state index is 1.23. The highest BCUT2D eigenvalue weighted by Gasteiger charge is 2.12. The molecule has 2 aromatic carbocycles. The van der Waals surface area contributed by atoms with Crippen LogP contribution in [-0.4, -0.2) is 0 Å². The molecular weight excluding hydrogens is 384 g/mol. The third kappa shape index (κ3) is 5.77. The summed E-state index contributed by atoms with van der Waals surface area (Å²) in [5.41, 5.74) is 10.2. The van der Waals surface area contributed by atoms with Gasteiger partial charge in [0.2, 0.25) is 0 Å². The van der Waals surface area contributed by atoms with Crippen molar-refractivity contribution in [3.63, 3.8) is 0 Å². The first-order valence-corrected chi connectivity index (χ1v) is 11.5. The molecule has 0 saturated heterocycles. The van der Waals surface area contributed by atoms with Gasteiger partial charge in [-0.3, -0.25) is 0 Å². The first-order chi connectivity index (χ1) is 15.4. The molecule has 0 atom stereocenters. The van der Waals surface area contributed by atoms with Gasteiger partial charge in [0.15, 0.2) is 0 Å². The van der Waals surface area contributed by atoms with Gasteiger partial charge in [0.05, 0.1) is 0 Å². The van der Waals surface area contributed by atoms with E-state index in [1.165, 1.54) is 55.3 Å². The largest absolute Gasteiger partial charge is 0.0870 e. The van der Waals surface area contributed by atoms with Crippen LogP contribution in [0.1, 0.15) is 66.5 Å². The van der Waals surface area contributed by atoms with Crippen LogP contribution >= 0.6 is 0 Å². The Balaban J connectivity index is 2.67. The van der Waals surface area contributed by atoms with Crippen LogP contribution in [0.25, 0.3) is 22.4 Å². The molecule has 0 N–H and O–H groups in total. The zero-order chi connectivity index (χ0) is 23.7. The Labute approximate surface area is 195 Å². The number of rotatable bonds is 7. The summed E-state index contributed by atoms with van der Waals surface area (Å²) in [6.45, 7) is 17.1. The van der Waals surface area contributed by atoms with Crippen LogP contribution in [0, 0.1) is 0 Å². The van der Waals surface area contributed by atoms with Gasteiger partial charge in [0, 0.05) is 0 Å². The van der Waals surface area contributed by atoms with E-state index < -0.39 is 0 Å². The Hall–Kier alpha value is -3.12. The Morgan fingerprint density at radius 2 is 1.22 bits per heavy atom. The van der Waals surface area contributed by atoms with Crippen LogP contribution in [0.15, 0.2) is 107 Å². The third-order valence-corrected chi connectivity index (χ3v) is 5.64. The molecule has 0 aliphatic rings. The maximum absolute atomic E-state index is 2.27. The average Bonchev–Trinajstić information content (AvgIpc) is 2.78. The number of hydrogen-bond donors (Lipinski definition) is 0. The molecule has 0 amide bonds. The zero-order valence-corrected chi connectivity index (χ0v) is 21.1. The van der Waals surface area contributed by atoms with Crippen LogP contribution in [0.3, 0.4) is 0 Å². The second-order valence-electron chi connectivity index (χ2n) is 8.35. The van der Waals surface area contributed by atoms with Crippen molar-refractivity contribution in [1.82, 2.24) is 0 Å². The minimum atomic E-state index is 1.23. The summed E-state index contributed by atoms with van der Waals surface area (Å²) >= 11 is 0. The maximum atomic E-state index is 2.27. The fourth-order valence-electron chi connectivity index (χ4n) is 4.09. The SMILES string of the molecule is CC=CC(C(C=Cc1ccc(C(=CC)C(C=CC)=C(C)C)c2ccccc12)=CC)=C(C)C. The Morgan fingerprint density at radius 3 is 1.75 bits per heavy atom. The van der Waals surface area contributed by atoms with Crippen molar-refractivity contribution >= 4 is 22.4 Å². The number of benzene rings is 2. The summed E-state index contributed by atoms with van der Waals surface area (Å²) in [4.78, 5) is 0. The molecule has 0 aromatic heterocycles. The van der Waals surface area contributed by atoms with Crippen molar-refractivity contribution in [2.75, 3.05) is 0 Å². The van der Waals surface area contributed by atoms with Gasteiger partial charge >= 0.3 is 0 Å². The lowest BCUT2D eigenvalue weighted by Crippen LogP contribution is -1.93. The van der Waals surface area contributed by atoms with E-state index in [2.05, 4.69) is 140 Å². The molecule has 0 unspecified atom stereocenters. The van der Waals surface area contributed by atoms with E-state index >= 15 is 0 Å². The van der Waals surface area contributed by atoms with E-state index in [0.717, 1.165) is 0 Å². The fraction of sp³-hybridized carbons (Fsp3) is 0.250. The molecule has 0 heterocycles. The second-order valence-corrected chi connectivity index (χ2v) is 8.35. The van der Waals surface area contributed by atoms with Crippen molar-refractivity contribution in [3.8, 4) is 0 Å². The van der Waals surface area contributed by atoms with Crippen molar-refractivity contribution in [2.24, 2.45) is 0 Å². The van der Waals surface area contributed by atoms with Crippen molar-refractivity contribution in [1.29, 1.82) is 0 Å². The molecule has 166 valence electrons. The lowest BCUT2D eigenvalue weighted by Gasteiger charge is -2.15. The lowest BCUT2D eigenvalue weighted by atomic mass is 9.88. The first kappa shape index (κ1) is 25.1. The number of fused-ring (bicyclic) bond motifs is 1. The van der Waals surface area contributed by atoms with Crippen LogP contribution in [0.2, 0.25) is 0 Å². The Bertz CT molecular complexity index is 1160. The molecule has 0 saturated carbocycles. The van der Waals surface area contributed by atoms with Gasteiger partial charge in [-0.25, -0.2) is 0 Å². The predicted octanol–water partition coefficient (Wildman–Crippen LogP) is 10.0. The molecule has 2 rings (SSSR count). The Morgan fingerprint density at radius 1 is 0.625 bits per heavy atom. The second kappa shape index (κ2) is 12.1. The van der Waals surface area contributed by atoms with E-state index in [-0.39, 0.29) is 0 Å². The minimum Gasteiger partial charge on any atom is -0.0870 e. The molecule has 0 heteroatoms. The monoisotopic (exact) mass is 422 g/mol. The Kier molecular flexibility index (Phi) is 9.47. The molecule has 32 heavy (non-hydrogen) atoms. The van der Waals surface area contributed by atoms with Gasteiger partial charge in [0.25, 0.3) is 0 Å². The predicted molar refractivity (Wildman–Crippen MR) is 147 cm³/mol.